The van der Waals surface area contributed by atoms with Gasteiger partial charge in [0.25, 0.3) is 0 Å². The van der Waals surface area contributed by atoms with E-state index < -0.39 is 12.0 Å². The molecule has 74 valence electrons. The Morgan fingerprint density at radius 1 is 1.50 bits per heavy atom. The molecular formula is C9H10N2O3. The van der Waals surface area contributed by atoms with Gasteiger partial charge in [0, 0.05) is 11.8 Å². The fraction of sp³-hybridized carbons (Fsp3) is 0.222. The van der Waals surface area contributed by atoms with Crippen LogP contribution in [0.5, 0.6) is 0 Å². The van der Waals surface area contributed by atoms with E-state index in [4.69, 9.17) is 10.8 Å². The van der Waals surface area contributed by atoms with Gasteiger partial charge in [0.1, 0.15) is 6.04 Å². The van der Waals surface area contributed by atoms with Gasteiger partial charge in [0.2, 0.25) is 0 Å². The highest BCUT2D eigenvalue weighted by Crippen LogP contribution is 2.08. The maximum atomic E-state index is 10.9. The van der Waals surface area contributed by atoms with Crippen molar-refractivity contribution < 1.29 is 14.7 Å². The van der Waals surface area contributed by atoms with E-state index in [9.17, 15) is 9.59 Å². The van der Waals surface area contributed by atoms with Gasteiger partial charge < -0.3 is 10.8 Å². The number of rotatable bonds is 3. The lowest BCUT2D eigenvalue weighted by molar-refractivity contribution is -0.138. The summed E-state index contributed by atoms with van der Waals surface area (Å²) in [5.74, 6) is -1.26. The number of hydrogen-bond acceptors (Lipinski definition) is 4. The van der Waals surface area contributed by atoms with E-state index in [-0.39, 0.29) is 11.5 Å². The van der Waals surface area contributed by atoms with Gasteiger partial charge in [0.05, 0.1) is 5.69 Å². The van der Waals surface area contributed by atoms with Gasteiger partial charge in [-0.15, -0.1) is 0 Å². The summed E-state index contributed by atoms with van der Waals surface area (Å²) in [6.07, 6.45) is 1.32. The first kappa shape index (κ1) is 10.3. The van der Waals surface area contributed by atoms with Crippen LogP contribution in [0.25, 0.3) is 0 Å². The number of hydrogen-bond donors (Lipinski definition) is 2. The average Bonchev–Trinajstić information content (AvgIpc) is 2.16. The number of pyridine rings is 1. The van der Waals surface area contributed by atoms with Crippen LogP contribution >= 0.6 is 0 Å². The lowest BCUT2D eigenvalue weighted by Gasteiger charge is -2.05. The van der Waals surface area contributed by atoms with Gasteiger partial charge in [-0.1, -0.05) is 0 Å². The molecule has 0 saturated carbocycles. The minimum absolute atomic E-state index is 0.118. The minimum atomic E-state index is -1.15. The second kappa shape index (κ2) is 3.97. The number of aliphatic carboxylic acids is 1. The molecule has 14 heavy (non-hydrogen) atoms. The fourth-order valence-corrected chi connectivity index (χ4v) is 0.924. The summed E-state index contributed by atoms with van der Waals surface area (Å²) < 4.78 is 0. The molecule has 1 rings (SSSR count). The standard InChI is InChI=1S/C9H10N2O3/c1-5(12)6-2-3-7(11-4-6)8(10)9(13)14/h2-4,8H,10H2,1H3,(H,13,14)/t8-/m0/s1. The SMILES string of the molecule is CC(=O)c1ccc([C@H](N)C(=O)O)nc1. The normalized spacial score (nSPS) is 12.1. The molecule has 0 aliphatic rings. The fourth-order valence-electron chi connectivity index (χ4n) is 0.924. The maximum absolute atomic E-state index is 10.9. The third-order valence-electron chi connectivity index (χ3n) is 1.78. The first-order chi connectivity index (χ1) is 6.52. The first-order valence-electron chi connectivity index (χ1n) is 3.97. The summed E-state index contributed by atoms with van der Waals surface area (Å²) >= 11 is 0. The van der Waals surface area contributed by atoms with Crippen LogP contribution in [0, 0.1) is 0 Å². The molecule has 5 heteroatoms. The molecule has 0 radical (unpaired) electrons. The Kier molecular flexibility index (Phi) is 2.93. The summed E-state index contributed by atoms with van der Waals surface area (Å²) in [6, 6.07) is 1.80. The average molecular weight is 194 g/mol. The Morgan fingerprint density at radius 3 is 2.50 bits per heavy atom. The van der Waals surface area contributed by atoms with Crippen molar-refractivity contribution in [3.8, 4) is 0 Å². The Morgan fingerprint density at radius 2 is 2.14 bits per heavy atom. The molecule has 0 aliphatic carbocycles. The molecule has 0 aliphatic heterocycles. The van der Waals surface area contributed by atoms with Crippen LogP contribution < -0.4 is 5.73 Å². The highest BCUT2D eigenvalue weighted by Gasteiger charge is 2.15. The predicted molar refractivity (Wildman–Crippen MR) is 48.8 cm³/mol. The van der Waals surface area contributed by atoms with Gasteiger partial charge in [-0.2, -0.15) is 0 Å². The second-order valence-electron chi connectivity index (χ2n) is 2.84. The van der Waals surface area contributed by atoms with Crippen molar-refractivity contribution >= 4 is 11.8 Å². The van der Waals surface area contributed by atoms with E-state index in [1.165, 1.54) is 25.3 Å². The van der Waals surface area contributed by atoms with Gasteiger partial charge in [-0.05, 0) is 19.1 Å². The maximum Gasteiger partial charge on any atom is 0.326 e. The van der Waals surface area contributed by atoms with Crippen LogP contribution in [-0.2, 0) is 4.79 Å². The second-order valence-corrected chi connectivity index (χ2v) is 2.84. The molecule has 0 unspecified atom stereocenters. The Bertz CT molecular complexity index is 359. The van der Waals surface area contributed by atoms with E-state index in [0.29, 0.717) is 5.56 Å². The van der Waals surface area contributed by atoms with Crippen molar-refractivity contribution in [3.05, 3.63) is 29.6 Å². The van der Waals surface area contributed by atoms with E-state index >= 15 is 0 Å². The van der Waals surface area contributed by atoms with Crippen molar-refractivity contribution in [3.63, 3.8) is 0 Å². The molecule has 1 aromatic rings. The summed E-state index contributed by atoms with van der Waals surface area (Å²) in [5.41, 5.74) is 5.99. The Labute approximate surface area is 80.6 Å². The number of ketones is 1. The molecule has 0 saturated heterocycles. The lowest BCUT2D eigenvalue weighted by Crippen LogP contribution is -2.21. The van der Waals surface area contributed by atoms with Crippen LogP contribution in [-0.4, -0.2) is 21.8 Å². The van der Waals surface area contributed by atoms with Crippen LogP contribution in [0.1, 0.15) is 29.0 Å². The zero-order valence-electron chi connectivity index (χ0n) is 7.60. The highest BCUT2D eigenvalue weighted by molar-refractivity contribution is 5.93. The summed E-state index contributed by atoms with van der Waals surface area (Å²) in [6.45, 7) is 1.41. The molecule has 1 heterocycles. The molecule has 0 spiro atoms. The predicted octanol–water partition coefficient (Wildman–Crippen LogP) is 0.369. The molecule has 5 nitrogen and oxygen atoms in total. The number of carboxylic acids is 1. The zero-order chi connectivity index (χ0) is 10.7. The topological polar surface area (TPSA) is 93.3 Å². The molecule has 0 bridgehead atoms. The van der Waals surface area contributed by atoms with E-state index in [1.54, 1.807) is 0 Å². The smallest absolute Gasteiger partial charge is 0.326 e. The minimum Gasteiger partial charge on any atom is -0.480 e. The largest absolute Gasteiger partial charge is 0.480 e. The number of carboxylic acid groups (broad SMARTS) is 1. The summed E-state index contributed by atoms with van der Waals surface area (Å²) in [7, 11) is 0. The Balaban J connectivity index is 2.94. The van der Waals surface area contributed by atoms with Crippen LogP contribution in [0.3, 0.4) is 0 Å². The van der Waals surface area contributed by atoms with Gasteiger partial charge in [-0.3, -0.25) is 14.6 Å². The van der Waals surface area contributed by atoms with Crippen molar-refractivity contribution in [2.45, 2.75) is 13.0 Å². The third kappa shape index (κ3) is 2.14. The third-order valence-corrected chi connectivity index (χ3v) is 1.78. The molecule has 0 fully saturated rings. The molecule has 1 atom stereocenters. The monoisotopic (exact) mass is 194 g/mol. The van der Waals surface area contributed by atoms with Crippen molar-refractivity contribution in [1.29, 1.82) is 0 Å². The lowest BCUT2D eigenvalue weighted by atomic mass is 10.1. The van der Waals surface area contributed by atoms with Crippen LogP contribution in [0.4, 0.5) is 0 Å². The van der Waals surface area contributed by atoms with E-state index in [2.05, 4.69) is 4.98 Å². The van der Waals surface area contributed by atoms with Crippen molar-refractivity contribution in [1.82, 2.24) is 4.98 Å². The number of nitrogens with two attached hydrogens (primary N) is 1. The Hall–Kier alpha value is -1.75. The van der Waals surface area contributed by atoms with Gasteiger partial charge in [-0.25, -0.2) is 0 Å². The molecule has 1 aromatic heterocycles. The summed E-state index contributed by atoms with van der Waals surface area (Å²) in [5, 5.41) is 8.58. The quantitative estimate of drug-likeness (QED) is 0.678. The highest BCUT2D eigenvalue weighted by atomic mass is 16.4. The number of carbonyl (C=O) groups excluding carboxylic acids is 1. The number of nitrogens with zero attached hydrogens (tertiary/aromatic N) is 1. The molecule has 0 aromatic carbocycles. The van der Waals surface area contributed by atoms with Crippen molar-refractivity contribution in [2.75, 3.05) is 0 Å². The zero-order valence-corrected chi connectivity index (χ0v) is 7.60. The van der Waals surface area contributed by atoms with Gasteiger partial charge >= 0.3 is 5.97 Å². The molecule has 3 N–H and O–H groups in total. The molecular weight excluding hydrogens is 184 g/mol. The van der Waals surface area contributed by atoms with Crippen LogP contribution in [0.2, 0.25) is 0 Å². The molecule has 0 amide bonds. The van der Waals surface area contributed by atoms with E-state index in [0.717, 1.165) is 0 Å². The summed E-state index contributed by atoms with van der Waals surface area (Å²) in [4.78, 5) is 25.2. The number of carbonyl (C=O) groups is 2. The van der Waals surface area contributed by atoms with E-state index in [1.807, 2.05) is 0 Å². The number of Topliss-reactive ketones (excluding diaryl/α,β-unsaturated/α-hetero) is 1. The first-order valence-corrected chi connectivity index (χ1v) is 3.97. The van der Waals surface area contributed by atoms with Crippen molar-refractivity contribution in [2.24, 2.45) is 5.73 Å². The number of aromatic nitrogens is 1. The van der Waals surface area contributed by atoms with Crippen LogP contribution in [0.15, 0.2) is 18.3 Å². The van der Waals surface area contributed by atoms with Gasteiger partial charge in [0.15, 0.2) is 5.78 Å².